The van der Waals surface area contributed by atoms with Crippen molar-refractivity contribution in [2.75, 3.05) is 18.4 Å². The van der Waals surface area contributed by atoms with Crippen LogP contribution in [0.4, 0.5) is 25.1 Å². The van der Waals surface area contributed by atoms with Gasteiger partial charge in [-0.05, 0) is 55.8 Å². The van der Waals surface area contributed by atoms with E-state index in [1.165, 1.54) is 23.7 Å². The maximum atomic E-state index is 14.1. The van der Waals surface area contributed by atoms with Gasteiger partial charge in [-0.25, -0.2) is 23.5 Å². The van der Waals surface area contributed by atoms with Gasteiger partial charge in [0, 0.05) is 35.8 Å². The Morgan fingerprint density at radius 1 is 1.20 bits per heavy atom. The third-order valence-electron chi connectivity index (χ3n) is 6.72. The van der Waals surface area contributed by atoms with Crippen LogP contribution in [-0.2, 0) is 6.54 Å². The molecule has 12 heteroatoms. The van der Waals surface area contributed by atoms with Gasteiger partial charge in [0.05, 0.1) is 39.4 Å². The van der Waals surface area contributed by atoms with E-state index in [1.54, 1.807) is 10.9 Å². The lowest BCUT2D eigenvalue weighted by atomic mass is 10.2. The van der Waals surface area contributed by atoms with E-state index in [0.29, 0.717) is 18.9 Å². The number of aromatic nitrogens is 4. The molecule has 0 radical (unpaired) electrons. The lowest BCUT2D eigenvalue weighted by Crippen LogP contribution is -2.42. The Hall–Kier alpha value is -4.60. The van der Waals surface area contributed by atoms with E-state index in [-0.39, 0.29) is 30.2 Å². The molecule has 0 bridgehead atoms. The summed E-state index contributed by atoms with van der Waals surface area (Å²) in [6, 6.07) is 10.9. The molecular formula is C29H26F2N8OS. The zero-order chi connectivity index (χ0) is 28.3. The Balaban J connectivity index is 1.16. The molecule has 6 rings (SSSR count). The first-order valence-corrected chi connectivity index (χ1v) is 14.0. The maximum Gasteiger partial charge on any atom is 0.315 e. The highest BCUT2D eigenvalue weighted by Gasteiger charge is 2.23. The zero-order valence-corrected chi connectivity index (χ0v) is 22.9. The van der Waals surface area contributed by atoms with Crippen LogP contribution >= 0.6 is 11.3 Å². The fraction of sp³-hybridized carbons (Fsp3) is 0.241. The molecule has 2 atom stereocenters. The average Bonchev–Trinajstić information content (AvgIpc) is 3.68. The number of carbonyl (C=O) groups is 1. The van der Waals surface area contributed by atoms with Crippen LogP contribution in [0.5, 0.6) is 0 Å². The highest BCUT2D eigenvalue weighted by molar-refractivity contribution is 7.20. The first-order valence-electron chi connectivity index (χ1n) is 13.2. The summed E-state index contributed by atoms with van der Waals surface area (Å²) < 4.78 is 30.3. The van der Waals surface area contributed by atoms with Gasteiger partial charge in [0.2, 0.25) is 0 Å². The van der Waals surface area contributed by atoms with Crippen molar-refractivity contribution in [3.05, 3.63) is 77.1 Å². The summed E-state index contributed by atoms with van der Waals surface area (Å²) in [4.78, 5) is 21.5. The summed E-state index contributed by atoms with van der Waals surface area (Å²) >= 11 is 1.50. The first kappa shape index (κ1) is 26.6. The van der Waals surface area contributed by atoms with Crippen molar-refractivity contribution in [3.8, 4) is 11.8 Å². The van der Waals surface area contributed by atoms with E-state index in [9.17, 15) is 13.6 Å². The van der Waals surface area contributed by atoms with Crippen LogP contribution in [0, 0.1) is 23.5 Å². The molecule has 1 fully saturated rings. The number of halogens is 2. The molecule has 41 heavy (non-hydrogen) atoms. The average molecular weight is 573 g/mol. The number of hydrogen-bond acceptors (Lipinski definition) is 7. The predicted molar refractivity (Wildman–Crippen MR) is 155 cm³/mol. The van der Waals surface area contributed by atoms with Crippen LogP contribution in [0.25, 0.3) is 21.1 Å². The smallest absolute Gasteiger partial charge is 0.315 e. The minimum Gasteiger partial charge on any atom is -0.339 e. The molecule has 3 aromatic heterocycles. The number of amides is 2. The van der Waals surface area contributed by atoms with E-state index in [4.69, 9.17) is 0 Å². The molecule has 0 saturated carbocycles. The van der Waals surface area contributed by atoms with E-state index in [0.717, 1.165) is 50.2 Å². The van der Waals surface area contributed by atoms with Crippen LogP contribution in [0.3, 0.4) is 0 Å². The Kier molecular flexibility index (Phi) is 7.45. The number of benzene rings is 2. The first-order chi connectivity index (χ1) is 19.9. The Morgan fingerprint density at radius 3 is 2.98 bits per heavy atom. The second-order valence-corrected chi connectivity index (χ2v) is 10.7. The number of anilines is 2. The molecule has 1 aliphatic rings. The number of thiophene rings is 1. The molecule has 2 aromatic carbocycles. The molecule has 208 valence electrons. The van der Waals surface area contributed by atoms with Gasteiger partial charge in [0.15, 0.2) is 5.82 Å². The molecule has 5 aromatic rings. The van der Waals surface area contributed by atoms with Crippen molar-refractivity contribution in [3.63, 3.8) is 0 Å². The van der Waals surface area contributed by atoms with Crippen molar-refractivity contribution >= 4 is 50.0 Å². The van der Waals surface area contributed by atoms with Gasteiger partial charge < -0.3 is 21.3 Å². The molecule has 4 heterocycles. The van der Waals surface area contributed by atoms with Crippen molar-refractivity contribution < 1.29 is 13.6 Å². The third kappa shape index (κ3) is 5.96. The number of fused-ring (bicyclic) bond motifs is 2. The Morgan fingerprint density at radius 2 is 2.10 bits per heavy atom. The third-order valence-corrected chi connectivity index (χ3v) is 7.76. The van der Waals surface area contributed by atoms with Gasteiger partial charge in [0.25, 0.3) is 0 Å². The minimum atomic E-state index is -0.488. The SMILES string of the molecule is CCNC(=O)N[C@H]1CN[C@H](C#Cc2cc3ncnc(Nc4ccc5c(cnn5Cc5cc(F)ccc5F)c4)c3s2)C1. The van der Waals surface area contributed by atoms with Crippen LogP contribution in [-0.4, -0.2) is 51.0 Å². The number of nitrogens with zero attached hydrogens (tertiary/aromatic N) is 4. The van der Waals surface area contributed by atoms with Gasteiger partial charge in [-0.1, -0.05) is 11.8 Å². The fourth-order valence-electron chi connectivity index (χ4n) is 4.77. The van der Waals surface area contributed by atoms with E-state index < -0.39 is 11.6 Å². The lowest BCUT2D eigenvalue weighted by Gasteiger charge is -2.11. The quantitative estimate of drug-likeness (QED) is 0.223. The summed E-state index contributed by atoms with van der Waals surface area (Å²) in [6.45, 7) is 3.26. The molecule has 0 aliphatic carbocycles. The predicted octanol–water partition coefficient (Wildman–Crippen LogP) is 4.51. The van der Waals surface area contributed by atoms with Gasteiger partial charge in [0.1, 0.15) is 18.0 Å². The second-order valence-electron chi connectivity index (χ2n) is 9.65. The van der Waals surface area contributed by atoms with Gasteiger partial charge in [-0.2, -0.15) is 5.10 Å². The van der Waals surface area contributed by atoms with Crippen molar-refractivity contribution in [2.45, 2.75) is 32.0 Å². The minimum absolute atomic E-state index is 0.0131. The molecule has 0 spiro atoms. The second kappa shape index (κ2) is 11.5. The highest BCUT2D eigenvalue weighted by atomic mass is 32.1. The van der Waals surface area contributed by atoms with Crippen LogP contribution in [0.15, 0.2) is 55.0 Å². The van der Waals surface area contributed by atoms with Crippen molar-refractivity contribution in [1.29, 1.82) is 0 Å². The summed E-state index contributed by atoms with van der Waals surface area (Å²) in [7, 11) is 0. The van der Waals surface area contributed by atoms with Gasteiger partial charge in [-0.15, -0.1) is 11.3 Å². The van der Waals surface area contributed by atoms with Crippen LogP contribution in [0.2, 0.25) is 0 Å². The number of carbonyl (C=O) groups excluding carboxylic acids is 1. The number of nitrogens with one attached hydrogen (secondary N) is 4. The van der Waals surface area contributed by atoms with Crippen LogP contribution in [0.1, 0.15) is 23.8 Å². The fourth-order valence-corrected chi connectivity index (χ4v) is 5.69. The molecule has 1 saturated heterocycles. The topological polar surface area (TPSA) is 109 Å². The largest absolute Gasteiger partial charge is 0.339 e. The number of hydrogen-bond donors (Lipinski definition) is 4. The maximum absolute atomic E-state index is 14.1. The summed E-state index contributed by atoms with van der Waals surface area (Å²) in [5.74, 6) is 6.20. The molecular weight excluding hydrogens is 546 g/mol. The van der Waals surface area contributed by atoms with Gasteiger partial charge >= 0.3 is 6.03 Å². The monoisotopic (exact) mass is 572 g/mol. The van der Waals surface area contributed by atoms with E-state index in [1.807, 2.05) is 31.2 Å². The molecule has 2 amide bonds. The Labute approximate surface area is 238 Å². The summed E-state index contributed by atoms with van der Waals surface area (Å²) in [5.41, 5.74) is 2.62. The Bertz CT molecular complexity index is 1810. The normalized spacial score (nSPS) is 16.5. The zero-order valence-electron chi connectivity index (χ0n) is 22.0. The molecule has 4 N–H and O–H groups in total. The standard InChI is InChI=1S/C29H26F2N8OS/c1-2-32-29(40)38-22-11-20(33-14-22)4-6-23-12-25-27(41-23)28(35-16-34-25)37-21-5-8-26-17(10-21)13-36-39(26)15-18-9-19(30)3-7-24(18)31/h3,5,7-10,12-13,16,20,22,33H,2,11,14-15H2,1H3,(H2,32,38,40)(H,34,35,37)/t20-,22-/m1/s1. The highest BCUT2D eigenvalue weighted by Crippen LogP contribution is 2.31. The molecule has 0 unspecified atom stereocenters. The van der Waals surface area contributed by atoms with Gasteiger partial charge in [-0.3, -0.25) is 4.68 Å². The van der Waals surface area contributed by atoms with E-state index >= 15 is 0 Å². The number of urea groups is 1. The molecule has 9 nitrogen and oxygen atoms in total. The lowest BCUT2D eigenvalue weighted by molar-refractivity contribution is 0.238. The van der Waals surface area contributed by atoms with Crippen molar-refractivity contribution in [2.24, 2.45) is 0 Å². The summed E-state index contributed by atoms with van der Waals surface area (Å²) in [5, 5.41) is 17.6. The van der Waals surface area contributed by atoms with Crippen molar-refractivity contribution in [1.82, 2.24) is 35.7 Å². The summed E-state index contributed by atoms with van der Waals surface area (Å²) in [6.07, 6.45) is 3.94. The van der Waals surface area contributed by atoms with E-state index in [2.05, 4.69) is 48.2 Å². The molecule has 1 aliphatic heterocycles. The number of rotatable bonds is 6. The van der Waals surface area contributed by atoms with Crippen LogP contribution < -0.4 is 21.3 Å².